The second-order valence-corrected chi connectivity index (χ2v) is 15.4. The van der Waals surface area contributed by atoms with Crippen molar-refractivity contribution < 1.29 is 4.74 Å². The minimum Gasteiger partial charge on any atom is -0.457 e. The molecule has 0 aliphatic heterocycles. The van der Waals surface area contributed by atoms with E-state index in [1.807, 2.05) is 30.3 Å². The van der Waals surface area contributed by atoms with Crippen LogP contribution in [-0.4, -0.2) is 0 Å². The monoisotopic (exact) mass is 719 g/mol. The van der Waals surface area contributed by atoms with Crippen LogP contribution in [0.15, 0.2) is 194 Å². The van der Waals surface area contributed by atoms with E-state index in [2.05, 4.69) is 189 Å². The van der Waals surface area contributed by atoms with Gasteiger partial charge in [-0.1, -0.05) is 147 Å². The molecule has 0 saturated carbocycles. The van der Waals surface area contributed by atoms with Crippen LogP contribution < -0.4 is 9.64 Å². The van der Waals surface area contributed by atoms with Crippen LogP contribution in [-0.2, 0) is 5.41 Å². The van der Waals surface area contributed by atoms with Crippen LogP contribution >= 0.6 is 0 Å². The van der Waals surface area contributed by atoms with E-state index in [1.54, 1.807) is 0 Å². The fraction of sp³-hybridized carbons (Fsp3) is 0.0741. The van der Waals surface area contributed by atoms with Crippen LogP contribution in [0.1, 0.15) is 30.5 Å². The first-order valence-corrected chi connectivity index (χ1v) is 19.4. The molecule has 0 fully saturated rings. The standard InChI is InChI=1S/C54H41NO/c1-36-48-35-43(26-24-39(48)29-32-52(36)56-46-17-5-4-6-18-46)38-27-30-44(31-28-38)55(51-22-12-21-50-53(51)47-19-9-10-20-49(47)54(50,2)3)45-16-11-15-41(34-45)42-25-23-37-13-7-8-14-40(37)33-42/h4-35H,1-3H3. The van der Waals surface area contributed by atoms with Gasteiger partial charge in [0.25, 0.3) is 0 Å². The van der Waals surface area contributed by atoms with Crippen molar-refractivity contribution in [2.45, 2.75) is 26.2 Å². The van der Waals surface area contributed by atoms with Crippen molar-refractivity contribution in [3.8, 4) is 44.9 Å². The maximum absolute atomic E-state index is 6.31. The average molecular weight is 720 g/mol. The van der Waals surface area contributed by atoms with Gasteiger partial charge in [0.2, 0.25) is 0 Å². The normalized spacial score (nSPS) is 12.7. The van der Waals surface area contributed by atoms with E-state index < -0.39 is 0 Å². The van der Waals surface area contributed by atoms with E-state index in [4.69, 9.17) is 4.74 Å². The average Bonchev–Trinajstić information content (AvgIpc) is 3.49. The number of fused-ring (bicyclic) bond motifs is 5. The number of ether oxygens (including phenoxy) is 1. The number of para-hydroxylation sites is 1. The van der Waals surface area contributed by atoms with E-state index in [0.717, 1.165) is 28.4 Å². The van der Waals surface area contributed by atoms with Crippen LogP contribution in [0.2, 0.25) is 0 Å². The molecule has 268 valence electrons. The topological polar surface area (TPSA) is 12.5 Å². The van der Waals surface area contributed by atoms with Gasteiger partial charge >= 0.3 is 0 Å². The first-order valence-electron chi connectivity index (χ1n) is 19.4. The number of aryl methyl sites for hydroxylation is 1. The highest BCUT2D eigenvalue weighted by molar-refractivity contribution is 5.96. The maximum atomic E-state index is 6.31. The molecular weight excluding hydrogens is 679 g/mol. The predicted molar refractivity (Wildman–Crippen MR) is 236 cm³/mol. The molecule has 56 heavy (non-hydrogen) atoms. The minimum absolute atomic E-state index is 0.107. The summed E-state index contributed by atoms with van der Waals surface area (Å²) >= 11 is 0. The SMILES string of the molecule is Cc1c(Oc2ccccc2)ccc2ccc(-c3ccc(N(c4cccc(-c5ccc6ccccc6c5)c4)c4cccc5c4-c4ccccc4C5(C)C)cc3)cc12. The van der Waals surface area contributed by atoms with E-state index in [-0.39, 0.29) is 5.41 Å². The zero-order valence-corrected chi connectivity index (χ0v) is 31.8. The number of hydrogen-bond acceptors (Lipinski definition) is 2. The Kier molecular flexibility index (Phi) is 8.08. The molecule has 2 nitrogen and oxygen atoms in total. The third kappa shape index (κ3) is 5.74. The molecule has 0 radical (unpaired) electrons. The molecule has 0 heterocycles. The van der Waals surface area contributed by atoms with E-state index in [0.29, 0.717) is 0 Å². The van der Waals surface area contributed by atoms with Crippen molar-refractivity contribution in [3.63, 3.8) is 0 Å². The highest BCUT2D eigenvalue weighted by Crippen LogP contribution is 2.54. The maximum Gasteiger partial charge on any atom is 0.130 e. The molecule has 0 bridgehead atoms. The van der Waals surface area contributed by atoms with Gasteiger partial charge in [0.15, 0.2) is 0 Å². The molecule has 0 N–H and O–H groups in total. The Labute approximate surface area is 328 Å². The van der Waals surface area contributed by atoms with Crippen LogP contribution in [0.4, 0.5) is 17.1 Å². The van der Waals surface area contributed by atoms with Gasteiger partial charge in [0.1, 0.15) is 11.5 Å². The van der Waals surface area contributed by atoms with Gasteiger partial charge in [-0.3, -0.25) is 0 Å². The first-order chi connectivity index (χ1) is 27.4. The summed E-state index contributed by atoms with van der Waals surface area (Å²) in [6.07, 6.45) is 0. The van der Waals surface area contributed by atoms with Gasteiger partial charge in [-0.25, -0.2) is 0 Å². The lowest BCUT2D eigenvalue weighted by molar-refractivity contribution is 0.480. The number of anilines is 3. The van der Waals surface area contributed by atoms with Crippen molar-refractivity contribution in [1.82, 2.24) is 0 Å². The smallest absolute Gasteiger partial charge is 0.130 e. The van der Waals surface area contributed by atoms with Crippen molar-refractivity contribution >= 4 is 38.6 Å². The van der Waals surface area contributed by atoms with E-state index >= 15 is 0 Å². The zero-order chi connectivity index (χ0) is 37.8. The number of hydrogen-bond donors (Lipinski definition) is 0. The zero-order valence-electron chi connectivity index (χ0n) is 31.8. The number of benzene rings is 9. The first kappa shape index (κ1) is 33.7. The Hall–Kier alpha value is -6.90. The summed E-state index contributed by atoms with van der Waals surface area (Å²) in [5, 5.41) is 4.87. The van der Waals surface area contributed by atoms with Crippen LogP contribution in [0.25, 0.3) is 54.9 Å². The number of rotatable bonds is 7. The third-order valence-corrected chi connectivity index (χ3v) is 11.7. The summed E-state index contributed by atoms with van der Waals surface area (Å²) in [6, 6.07) is 70.1. The van der Waals surface area contributed by atoms with Crippen molar-refractivity contribution in [2.24, 2.45) is 0 Å². The lowest BCUT2D eigenvalue weighted by atomic mass is 9.82. The fourth-order valence-corrected chi connectivity index (χ4v) is 8.70. The van der Waals surface area contributed by atoms with Gasteiger partial charge in [0, 0.05) is 22.4 Å². The molecule has 0 atom stereocenters. The molecule has 0 aromatic heterocycles. The quantitative estimate of drug-likeness (QED) is 0.163. The van der Waals surface area contributed by atoms with Gasteiger partial charge < -0.3 is 9.64 Å². The summed E-state index contributed by atoms with van der Waals surface area (Å²) in [7, 11) is 0. The summed E-state index contributed by atoms with van der Waals surface area (Å²) in [5.74, 6) is 1.71. The molecule has 2 heteroatoms. The van der Waals surface area contributed by atoms with E-state index in [1.165, 1.54) is 71.7 Å². The van der Waals surface area contributed by atoms with Crippen LogP contribution in [0.3, 0.4) is 0 Å². The Bertz CT molecular complexity index is 2920. The Morgan fingerprint density at radius 3 is 1.93 bits per heavy atom. The van der Waals surface area contributed by atoms with Crippen LogP contribution in [0.5, 0.6) is 11.5 Å². The second kappa shape index (κ2) is 13.4. The largest absolute Gasteiger partial charge is 0.457 e. The van der Waals surface area contributed by atoms with Crippen LogP contribution in [0, 0.1) is 6.92 Å². The molecule has 1 aliphatic rings. The van der Waals surface area contributed by atoms with Gasteiger partial charge in [0.05, 0.1) is 5.69 Å². The molecule has 10 rings (SSSR count). The molecule has 9 aromatic rings. The van der Waals surface area contributed by atoms with Gasteiger partial charge in [-0.05, 0) is 134 Å². The molecule has 0 unspecified atom stereocenters. The highest BCUT2D eigenvalue weighted by Gasteiger charge is 2.37. The summed E-state index contributed by atoms with van der Waals surface area (Å²) in [5.41, 5.74) is 14.5. The Balaban J connectivity index is 1.09. The van der Waals surface area contributed by atoms with Crippen molar-refractivity contribution in [2.75, 3.05) is 4.90 Å². The Morgan fingerprint density at radius 1 is 0.446 bits per heavy atom. The molecular formula is C54H41NO. The summed E-state index contributed by atoms with van der Waals surface area (Å²) < 4.78 is 6.31. The molecule has 0 amide bonds. The van der Waals surface area contributed by atoms with E-state index in [9.17, 15) is 0 Å². The molecule has 0 spiro atoms. The third-order valence-electron chi connectivity index (χ3n) is 11.7. The minimum atomic E-state index is -0.107. The molecule has 9 aromatic carbocycles. The summed E-state index contributed by atoms with van der Waals surface area (Å²) in [6.45, 7) is 6.85. The lowest BCUT2D eigenvalue weighted by Crippen LogP contribution is -2.16. The molecule has 1 aliphatic carbocycles. The van der Waals surface area contributed by atoms with Crippen molar-refractivity contribution in [3.05, 3.63) is 211 Å². The fourth-order valence-electron chi connectivity index (χ4n) is 8.70. The summed E-state index contributed by atoms with van der Waals surface area (Å²) in [4.78, 5) is 2.45. The van der Waals surface area contributed by atoms with Gasteiger partial charge in [-0.2, -0.15) is 0 Å². The highest BCUT2D eigenvalue weighted by atomic mass is 16.5. The Morgan fingerprint density at radius 2 is 1.09 bits per heavy atom. The second-order valence-electron chi connectivity index (χ2n) is 15.4. The lowest BCUT2D eigenvalue weighted by Gasteiger charge is -2.29. The predicted octanol–water partition coefficient (Wildman–Crippen LogP) is 15.2. The number of nitrogens with zero attached hydrogens (tertiary/aromatic N) is 1. The van der Waals surface area contributed by atoms with Gasteiger partial charge in [-0.15, -0.1) is 0 Å². The molecule has 0 saturated heterocycles. The van der Waals surface area contributed by atoms with Crippen molar-refractivity contribution in [1.29, 1.82) is 0 Å².